The topological polar surface area (TPSA) is 53.5 Å². The number of ether oxygens (including phenoxy) is 1. The van der Waals surface area contributed by atoms with Crippen LogP contribution in [0.4, 0.5) is 21.8 Å². The zero-order valence-corrected chi connectivity index (χ0v) is 14.8. The van der Waals surface area contributed by atoms with Crippen LogP contribution in [0.1, 0.15) is 12.8 Å². The normalized spacial score (nSPS) is 20.9. The standard InChI is InChI=1S/C19H24FN5O/c20-15-3-1-5-17(13-15)25-8-2-4-16(14-25)22-19-21-7-6-18(23-19)24-9-11-26-12-10-24/h1,3,5-7,13,16H,2,4,8-12,14H2,(H,21,22,23). The van der Waals surface area contributed by atoms with Crippen molar-refractivity contribution in [2.45, 2.75) is 18.9 Å². The first kappa shape index (κ1) is 17.0. The molecular weight excluding hydrogens is 333 g/mol. The van der Waals surface area contributed by atoms with Crippen LogP contribution >= 0.6 is 0 Å². The Bertz CT molecular complexity index is 737. The molecule has 0 spiro atoms. The Morgan fingerprint density at radius 2 is 2.00 bits per heavy atom. The summed E-state index contributed by atoms with van der Waals surface area (Å²) in [6, 6.07) is 8.98. The van der Waals surface area contributed by atoms with Crippen LogP contribution in [0.25, 0.3) is 0 Å². The van der Waals surface area contributed by atoms with Crippen LogP contribution < -0.4 is 15.1 Å². The molecule has 138 valence electrons. The lowest BCUT2D eigenvalue weighted by molar-refractivity contribution is 0.122. The van der Waals surface area contributed by atoms with Gasteiger partial charge in [0.2, 0.25) is 5.95 Å². The third-order valence-electron chi connectivity index (χ3n) is 4.90. The van der Waals surface area contributed by atoms with E-state index in [1.54, 1.807) is 18.3 Å². The Kier molecular flexibility index (Phi) is 5.15. The number of hydrogen-bond acceptors (Lipinski definition) is 6. The van der Waals surface area contributed by atoms with Crippen LogP contribution in [0.5, 0.6) is 0 Å². The van der Waals surface area contributed by atoms with Gasteiger partial charge in [-0.15, -0.1) is 0 Å². The smallest absolute Gasteiger partial charge is 0.224 e. The third-order valence-corrected chi connectivity index (χ3v) is 4.90. The third kappa shape index (κ3) is 4.04. The average Bonchev–Trinajstić information content (AvgIpc) is 2.69. The summed E-state index contributed by atoms with van der Waals surface area (Å²) in [6.07, 6.45) is 3.90. The molecule has 0 saturated carbocycles. The van der Waals surface area contributed by atoms with Gasteiger partial charge < -0.3 is 19.9 Å². The van der Waals surface area contributed by atoms with Gasteiger partial charge in [0.05, 0.1) is 13.2 Å². The van der Waals surface area contributed by atoms with E-state index < -0.39 is 0 Å². The van der Waals surface area contributed by atoms with Gasteiger partial charge in [-0.05, 0) is 37.1 Å². The van der Waals surface area contributed by atoms with Gasteiger partial charge in [-0.1, -0.05) is 6.07 Å². The van der Waals surface area contributed by atoms with E-state index in [2.05, 4.69) is 25.1 Å². The van der Waals surface area contributed by atoms with Crippen molar-refractivity contribution in [3.63, 3.8) is 0 Å². The summed E-state index contributed by atoms with van der Waals surface area (Å²) in [5.74, 6) is 1.39. The molecule has 1 atom stereocenters. The molecule has 0 radical (unpaired) electrons. The van der Waals surface area contributed by atoms with E-state index in [9.17, 15) is 4.39 Å². The molecule has 1 aromatic carbocycles. The number of aromatic nitrogens is 2. The van der Waals surface area contributed by atoms with Gasteiger partial charge in [0, 0.05) is 44.1 Å². The minimum Gasteiger partial charge on any atom is -0.378 e. The van der Waals surface area contributed by atoms with Gasteiger partial charge in [-0.25, -0.2) is 9.37 Å². The van der Waals surface area contributed by atoms with Crippen molar-refractivity contribution in [3.05, 3.63) is 42.3 Å². The molecule has 4 rings (SSSR count). The highest BCUT2D eigenvalue weighted by atomic mass is 19.1. The number of hydrogen-bond donors (Lipinski definition) is 1. The summed E-state index contributed by atoms with van der Waals surface area (Å²) >= 11 is 0. The highest BCUT2D eigenvalue weighted by molar-refractivity contribution is 5.48. The minimum absolute atomic E-state index is 0.195. The van der Waals surface area contributed by atoms with Crippen LogP contribution in [0.2, 0.25) is 0 Å². The summed E-state index contributed by atoms with van der Waals surface area (Å²) < 4.78 is 18.9. The molecule has 1 N–H and O–H groups in total. The number of nitrogens with one attached hydrogen (secondary N) is 1. The monoisotopic (exact) mass is 357 g/mol. The van der Waals surface area contributed by atoms with Gasteiger partial charge in [0.1, 0.15) is 11.6 Å². The first-order valence-electron chi connectivity index (χ1n) is 9.21. The van der Waals surface area contributed by atoms with Crippen LogP contribution in [0, 0.1) is 5.82 Å². The summed E-state index contributed by atoms with van der Waals surface area (Å²) in [7, 11) is 0. The number of halogens is 1. The van der Waals surface area contributed by atoms with Crippen molar-refractivity contribution < 1.29 is 9.13 Å². The van der Waals surface area contributed by atoms with E-state index >= 15 is 0 Å². The fourth-order valence-corrected chi connectivity index (χ4v) is 3.57. The molecule has 6 nitrogen and oxygen atoms in total. The first-order valence-corrected chi connectivity index (χ1v) is 9.21. The highest BCUT2D eigenvalue weighted by Gasteiger charge is 2.21. The summed E-state index contributed by atoms with van der Waals surface area (Å²) in [5.41, 5.74) is 0.930. The molecule has 26 heavy (non-hydrogen) atoms. The predicted octanol–water partition coefficient (Wildman–Crippen LogP) is 2.53. The molecular formula is C19H24FN5O. The molecule has 0 amide bonds. The fourth-order valence-electron chi connectivity index (χ4n) is 3.57. The van der Waals surface area contributed by atoms with Gasteiger partial charge in [-0.2, -0.15) is 4.98 Å². The fraction of sp³-hybridized carbons (Fsp3) is 0.474. The number of morpholine rings is 1. The molecule has 2 aliphatic rings. The van der Waals surface area contributed by atoms with E-state index in [4.69, 9.17) is 4.74 Å². The summed E-state index contributed by atoms with van der Waals surface area (Å²) in [4.78, 5) is 13.5. The maximum absolute atomic E-state index is 13.5. The zero-order valence-electron chi connectivity index (χ0n) is 14.8. The molecule has 0 bridgehead atoms. The molecule has 1 aromatic heterocycles. The number of rotatable bonds is 4. The highest BCUT2D eigenvalue weighted by Crippen LogP contribution is 2.22. The second-order valence-electron chi connectivity index (χ2n) is 6.75. The van der Waals surface area contributed by atoms with Crippen molar-refractivity contribution >= 4 is 17.5 Å². The van der Waals surface area contributed by atoms with Crippen molar-refractivity contribution in [3.8, 4) is 0 Å². The largest absolute Gasteiger partial charge is 0.378 e. The minimum atomic E-state index is -0.195. The van der Waals surface area contributed by atoms with Crippen LogP contribution in [-0.4, -0.2) is 55.4 Å². The second kappa shape index (κ2) is 7.86. The Morgan fingerprint density at radius 1 is 1.12 bits per heavy atom. The number of piperidine rings is 1. The summed E-state index contributed by atoms with van der Waals surface area (Å²) in [5, 5.41) is 3.46. The number of benzene rings is 1. The van der Waals surface area contributed by atoms with E-state index in [0.717, 1.165) is 63.7 Å². The number of anilines is 3. The van der Waals surface area contributed by atoms with Crippen LogP contribution in [-0.2, 0) is 4.74 Å². The number of nitrogens with zero attached hydrogens (tertiary/aromatic N) is 4. The van der Waals surface area contributed by atoms with Crippen LogP contribution in [0.3, 0.4) is 0 Å². The van der Waals surface area contributed by atoms with E-state index in [-0.39, 0.29) is 11.9 Å². The lowest BCUT2D eigenvalue weighted by Crippen LogP contribution is -2.42. The SMILES string of the molecule is Fc1cccc(N2CCCC(Nc3nccc(N4CCOCC4)n3)C2)c1. The zero-order chi connectivity index (χ0) is 17.8. The first-order chi connectivity index (χ1) is 12.8. The maximum Gasteiger partial charge on any atom is 0.224 e. The van der Waals surface area contributed by atoms with Crippen molar-refractivity contribution in [1.29, 1.82) is 0 Å². The van der Waals surface area contributed by atoms with Gasteiger partial charge >= 0.3 is 0 Å². The maximum atomic E-state index is 13.5. The Morgan fingerprint density at radius 3 is 2.85 bits per heavy atom. The van der Waals surface area contributed by atoms with Gasteiger partial charge in [0.15, 0.2) is 0 Å². The quantitative estimate of drug-likeness (QED) is 0.908. The Balaban J connectivity index is 1.42. The van der Waals surface area contributed by atoms with Gasteiger partial charge in [0.25, 0.3) is 0 Å². The molecule has 2 aromatic rings. The van der Waals surface area contributed by atoms with Gasteiger partial charge in [-0.3, -0.25) is 0 Å². The molecule has 2 fully saturated rings. The summed E-state index contributed by atoms with van der Waals surface area (Å²) in [6.45, 7) is 4.93. The second-order valence-corrected chi connectivity index (χ2v) is 6.75. The molecule has 2 aliphatic heterocycles. The van der Waals surface area contributed by atoms with Crippen molar-refractivity contribution in [1.82, 2.24) is 9.97 Å². The lowest BCUT2D eigenvalue weighted by Gasteiger charge is -2.35. The molecule has 7 heteroatoms. The molecule has 3 heterocycles. The van der Waals surface area contributed by atoms with Crippen molar-refractivity contribution in [2.75, 3.05) is 54.5 Å². The van der Waals surface area contributed by atoms with E-state index in [1.165, 1.54) is 6.07 Å². The average molecular weight is 357 g/mol. The van der Waals surface area contributed by atoms with Crippen molar-refractivity contribution in [2.24, 2.45) is 0 Å². The molecule has 1 unspecified atom stereocenters. The Hall–Kier alpha value is -2.41. The molecule has 2 saturated heterocycles. The van der Waals surface area contributed by atoms with E-state index in [0.29, 0.717) is 5.95 Å². The lowest BCUT2D eigenvalue weighted by atomic mass is 10.1. The molecule has 0 aliphatic carbocycles. The van der Waals surface area contributed by atoms with Crippen LogP contribution in [0.15, 0.2) is 36.5 Å². The van der Waals surface area contributed by atoms with E-state index in [1.807, 2.05) is 12.1 Å². The Labute approximate surface area is 153 Å². The predicted molar refractivity (Wildman–Crippen MR) is 100 cm³/mol.